The Bertz CT molecular complexity index is 114. The Morgan fingerprint density at radius 3 is 2.78 bits per heavy atom. The first kappa shape index (κ1) is 8.37. The van der Waals surface area contributed by atoms with Crippen molar-refractivity contribution in [1.82, 2.24) is 5.32 Å². The largest absolute Gasteiger partial charge is 0.301 e. The Balaban J connectivity index is 3.55. The van der Waals surface area contributed by atoms with Crippen LogP contribution in [0.3, 0.4) is 0 Å². The van der Waals surface area contributed by atoms with Crippen molar-refractivity contribution in [2.75, 3.05) is 13.7 Å². The van der Waals surface area contributed by atoms with Crippen molar-refractivity contribution in [3.63, 3.8) is 0 Å². The molecule has 52 valence electrons. The van der Waals surface area contributed by atoms with Crippen LogP contribution in [-0.2, 0) is 0 Å². The molecule has 0 aliphatic carbocycles. The van der Waals surface area contributed by atoms with Crippen LogP contribution >= 0.6 is 0 Å². The van der Waals surface area contributed by atoms with Gasteiger partial charge in [-0.25, -0.2) is 0 Å². The van der Waals surface area contributed by atoms with E-state index in [1.807, 2.05) is 33.0 Å². The molecule has 0 heterocycles. The number of nitrogens with one attached hydrogen (secondary N) is 1. The molecular formula is C7H14N2. The van der Waals surface area contributed by atoms with Gasteiger partial charge in [0.15, 0.2) is 0 Å². The fourth-order valence-corrected chi connectivity index (χ4v) is 0.498. The third-order valence-electron chi connectivity index (χ3n) is 0.894. The number of hydrogen-bond donors (Lipinski definition) is 1. The summed E-state index contributed by atoms with van der Waals surface area (Å²) in [6.45, 7) is 4.67. The highest BCUT2D eigenvalue weighted by Gasteiger charge is 1.77. The molecule has 0 aromatic carbocycles. The van der Waals surface area contributed by atoms with Crippen molar-refractivity contribution < 1.29 is 0 Å². The van der Waals surface area contributed by atoms with Crippen molar-refractivity contribution in [2.45, 2.75) is 13.8 Å². The lowest BCUT2D eigenvalue weighted by Gasteiger charge is -1.90. The van der Waals surface area contributed by atoms with E-state index >= 15 is 0 Å². The van der Waals surface area contributed by atoms with E-state index in [0.29, 0.717) is 6.67 Å². The van der Waals surface area contributed by atoms with Gasteiger partial charge < -0.3 is 5.32 Å². The Morgan fingerprint density at radius 1 is 1.67 bits per heavy atom. The van der Waals surface area contributed by atoms with Crippen LogP contribution in [-0.4, -0.2) is 19.4 Å². The predicted octanol–water partition coefficient (Wildman–Crippen LogP) is 1.20. The maximum absolute atomic E-state index is 4.15. The van der Waals surface area contributed by atoms with Crippen LogP contribution < -0.4 is 5.32 Å². The minimum atomic E-state index is 0.705. The third kappa shape index (κ3) is 5.24. The zero-order valence-electron chi connectivity index (χ0n) is 6.31. The fraction of sp³-hybridized carbons (Fsp3) is 0.571. The number of hydrogen-bond acceptors (Lipinski definition) is 2. The van der Waals surface area contributed by atoms with Crippen LogP contribution in [0.4, 0.5) is 0 Å². The zero-order chi connectivity index (χ0) is 7.11. The molecule has 0 saturated heterocycles. The van der Waals surface area contributed by atoms with Gasteiger partial charge >= 0.3 is 0 Å². The lowest BCUT2D eigenvalue weighted by Crippen LogP contribution is -2.06. The van der Waals surface area contributed by atoms with Crippen LogP contribution in [0.15, 0.2) is 17.1 Å². The molecule has 0 fully saturated rings. The fourth-order valence-electron chi connectivity index (χ4n) is 0.498. The van der Waals surface area contributed by atoms with Gasteiger partial charge in [0.2, 0.25) is 0 Å². The molecule has 0 aromatic heterocycles. The van der Waals surface area contributed by atoms with Crippen molar-refractivity contribution in [3.8, 4) is 0 Å². The normalized spacial score (nSPS) is 13.0. The predicted molar refractivity (Wildman–Crippen MR) is 41.8 cm³/mol. The molecule has 9 heavy (non-hydrogen) atoms. The molecule has 0 atom stereocenters. The van der Waals surface area contributed by atoms with Gasteiger partial charge in [-0.1, -0.05) is 6.08 Å². The second-order valence-electron chi connectivity index (χ2n) is 1.81. The van der Waals surface area contributed by atoms with Gasteiger partial charge in [-0.2, -0.15) is 0 Å². The van der Waals surface area contributed by atoms with Crippen LogP contribution in [0.2, 0.25) is 0 Å². The highest BCUT2D eigenvalue weighted by Crippen LogP contribution is 1.78. The van der Waals surface area contributed by atoms with E-state index in [1.165, 1.54) is 0 Å². The van der Waals surface area contributed by atoms with Crippen molar-refractivity contribution in [2.24, 2.45) is 4.99 Å². The Kier molecular flexibility index (Phi) is 5.12. The molecule has 0 radical (unpaired) electrons. The number of nitrogens with zero attached hydrogens (tertiary/aromatic N) is 1. The maximum Gasteiger partial charge on any atom is 0.0885 e. The van der Waals surface area contributed by atoms with E-state index in [-0.39, 0.29) is 0 Å². The number of rotatable bonds is 3. The Hall–Kier alpha value is -0.630. The quantitative estimate of drug-likeness (QED) is 0.564. The molecule has 2 heteroatoms. The summed E-state index contributed by atoms with van der Waals surface area (Å²) in [5, 5.41) is 2.94. The van der Waals surface area contributed by atoms with Gasteiger partial charge in [0.05, 0.1) is 6.67 Å². The van der Waals surface area contributed by atoms with Gasteiger partial charge in [0.1, 0.15) is 0 Å². The van der Waals surface area contributed by atoms with E-state index in [9.17, 15) is 0 Å². The van der Waals surface area contributed by atoms with Crippen molar-refractivity contribution >= 4 is 5.71 Å². The molecule has 0 rings (SSSR count). The summed E-state index contributed by atoms with van der Waals surface area (Å²) in [7, 11) is 1.88. The van der Waals surface area contributed by atoms with Crippen LogP contribution in [0.5, 0.6) is 0 Å². The lowest BCUT2D eigenvalue weighted by molar-refractivity contribution is 0.835. The van der Waals surface area contributed by atoms with Crippen LogP contribution in [0.25, 0.3) is 0 Å². The molecule has 0 spiro atoms. The van der Waals surface area contributed by atoms with Crippen LogP contribution in [0.1, 0.15) is 13.8 Å². The first-order chi connectivity index (χ1) is 4.31. The van der Waals surface area contributed by atoms with Gasteiger partial charge in [0, 0.05) is 5.71 Å². The summed E-state index contributed by atoms with van der Waals surface area (Å²) in [5.74, 6) is 0. The molecule has 2 nitrogen and oxygen atoms in total. The number of allylic oxidation sites excluding steroid dienone is 2. The van der Waals surface area contributed by atoms with E-state index in [4.69, 9.17) is 0 Å². The zero-order valence-corrected chi connectivity index (χ0v) is 6.31. The number of aliphatic imine (C=N–C) groups is 1. The molecule has 0 aromatic rings. The second kappa shape index (κ2) is 5.51. The summed E-state index contributed by atoms with van der Waals surface area (Å²) in [6, 6.07) is 0. The molecule has 0 aliphatic rings. The summed E-state index contributed by atoms with van der Waals surface area (Å²) in [4.78, 5) is 4.15. The smallest absolute Gasteiger partial charge is 0.0885 e. The average molecular weight is 126 g/mol. The molecule has 0 bridgehead atoms. The molecule has 0 unspecified atom stereocenters. The Labute approximate surface area is 56.7 Å². The molecule has 0 aliphatic heterocycles. The minimum Gasteiger partial charge on any atom is -0.301 e. The highest BCUT2D eigenvalue weighted by atomic mass is 15.0. The van der Waals surface area contributed by atoms with Gasteiger partial charge in [-0.15, -0.1) is 0 Å². The summed E-state index contributed by atoms with van der Waals surface area (Å²) in [5.41, 5.74) is 1.06. The molecule has 1 N–H and O–H groups in total. The molecule has 0 amide bonds. The van der Waals surface area contributed by atoms with E-state index in [2.05, 4.69) is 10.3 Å². The van der Waals surface area contributed by atoms with Crippen molar-refractivity contribution in [3.05, 3.63) is 12.2 Å². The van der Waals surface area contributed by atoms with Gasteiger partial charge in [-0.3, -0.25) is 4.99 Å². The first-order valence-electron chi connectivity index (χ1n) is 3.09. The van der Waals surface area contributed by atoms with Crippen LogP contribution in [0, 0.1) is 0 Å². The van der Waals surface area contributed by atoms with E-state index in [0.717, 1.165) is 5.71 Å². The standard InChI is InChI=1S/C7H14N2/c1-4-5-7(2)9-6-8-3/h4-5,8H,6H2,1-3H3/b5-4-,9-7?. The summed E-state index contributed by atoms with van der Waals surface area (Å²) >= 11 is 0. The SMILES string of the molecule is C/C=C\C(C)=NCNC. The Morgan fingerprint density at radius 2 is 2.33 bits per heavy atom. The van der Waals surface area contributed by atoms with Crippen molar-refractivity contribution in [1.29, 1.82) is 0 Å². The monoisotopic (exact) mass is 126 g/mol. The van der Waals surface area contributed by atoms with Gasteiger partial charge in [-0.05, 0) is 27.0 Å². The second-order valence-corrected chi connectivity index (χ2v) is 1.81. The maximum atomic E-state index is 4.15. The van der Waals surface area contributed by atoms with E-state index < -0.39 is 0 Å². The van der Waals surface area contributed by atoms with E-state index in [1.54, 1.807) is 0 Å². The lowest BCUT2D eigenvalue weighted by atomic mass is 10.4. The first-order valence-corrected chi connectivity index (χ1v) is 3.09. The summed E-state index contributed by atoms with van der Waals surface area (Å²) in [6.07, 6.45) is 3.96. The third-order valence-corrected chi connectivity index (χ3v) is 0.894. The molecule has 0 saturated carbocycles. The highest BCUT2D eigenvalue weighted by molar-refractivity contribution is 5.92. The topological polar surface area (TPSA) is 24.4 Å². The minimum absolute atomic E-state index is 0.705. The molecular weight excluding hydrogens is 112 g/mol. The van der Waals surface area contributed by atoms with Gasteiger partial charge in [0.25, 0.3) is 0 Å². The average Bonchev–Trinajstić information content (AvgIpc) is 1.85. The summed E-state index contributed by atoms with van der Waals surface area (Å²) < 4.78 is 0.